The maximum Gasteiger partial charge on any atom is 0.159 e. The monoisotopic (exact) mass is 255 g/mol. The molecule has 2 rings (SSSR count). The highest BCUT2D eigenvalue weighted by atomic mass is 16.4. The van der Waals surface area contributed by atoms with Crippen LogP contribution in [0.3, 0.4) is 0 Å². The highest BCUT2D eigenvalue weighted by Crippen LogP contribution is 1.99. The Balaban J connectivity index is 0.000000191. The van der Waals surface area contributed by atoms with Crippen molar-refractivity contribution in [3.8, 4) is 0 Å². The van der Waals surface area contributed by atoms with E-state index < -0.39 is 0 Å². The van der Waals surface area contributed by atoms with Gasteiger partial charge in [0.2, 0.25) is 0 Å². The van der Waals surface area contributed by atoms with Crippen molar-refractivity contribution in [2.75, 3.05) is 0 Å². The van der Waals surface area contributed by atoms with E-state index in [-0.39, 0.29) is 5.78 Å². The number of Topliss-reactive ketones (excluding diaryl/α,β-unsaturated/α-hetero) is 1. The van der Waals surface area contributed by atoms with E-state index in [2.05, 4.69) is 5.16 Å². The van der Waals surface area contributed by atoms with Crippen molar-refractivity contribution in [1.82, 2.24) is 0 Å². The molecule has 0 atom stereocenters. The third-order valence-electron chi connectivity index (χ3n) is 2.52. The number of carbonyl (C=O) groups is 1. The van der Waals surface area contributed by atoms with Gasteiger partial charge in [-0.15, -0.1) is 0 Å². The van der Waals surface area contributed by atoms with Crippen molar-refractivity contribution in [3.05, 3.63) is 71.8 Å². The maximum atomic E-state index is 10.6. The first kappa shape index (κ1) is 14.6. The molecule has 3 nitrogen and oxygen atoms in total. The van der Waals surface area contributed by atoms with E-state index in [1.807, 2.05) is 60.7 Å². The molecule has 0 aliphatic heterocycles. The normalized spacial score (nSPS) is 10.3. The number of ketones is 1. The quantitative estimate of drug-likeness (QED) is 0.384. The minimum absolute atomic E-state index is 0.121. The molecule has 0 unspecified atom stereocenters. The Kier molecular flexibility index (Phi) is 6.03. The fraction of sp³-hybridized carbons (Fsp3) is 0.125. The van der Waals surface area contributed by atoms with Gasteiger partial charge in [-0.3, -0.25) is 4.79 Å². The largest absolute Gasteiger partial charge is 0.411 e. The van der Waals surface area contributed by atoms with Gasteiger partial charge in [0.1, 0.15) is 0 Å². The molecule has 2 aromatic carbocycles. The second kappa shape index (κ2) is 7.82. The zero-order chi connectivity index (χ0) is 14.1. The van der Waals surface area contributed by atoms with Crippen LogP contribution in [-0.4, -0.2) is 16.7 Å². The van der Waals surface area contributed by atoms with Crippen LogP contribution in [0.5, 0.6) is 0 Å². The predicted octanol–water partition coefficient (Wildman–Crippen LogP) is 3.77. The first-order chi connectivity index (χ1) is 9.15. The molecule has 0 fully saturated rings. The number of benzene rings is 2. The molecule has 0 radical (unpaired) electrons. The van der Waals surface area contributed by atoms with Crippen molar-refractivity contribution in [3.63, 3.8) is 0 Å². The van der Waals surface area contributed by atoms with Crippen LogP contribution in [0.1, 0.15) is 29.8 Å². The fourth-order valence-corrected chi connectivity index (χ4v) is 1.41. The van der Waals surface area contributed by atoms with Gasteiger partial charge in [-0.2, -0.15) is 0 Å². The molecular formula is C16H17NO2. The van der Waals surface area contributed by atoms with Crippen molar-refractivity contribution in [2.24, 2.45) is 5.16 Å². The molecule has 3 heteroatoms. The number of hydrogen-bond acceptors (Lipinski definition) is 3. The third kappa shape index (κ3) is 5.17. The van der Waals surface area contributed by atoms with Crippen LogP contribution >= 0.6 is 0 Å². The van der Waals surface area contributed by atoms with Gasteiger partial charge in [0.15, 0.2) is 5.78 Å². The number of carbonyl (C=O) groups excluding carboxylic acids is 1. The van der Waals surface area contributed by atoms with Gasteiger partial charge in [-0.1, -0.05) is 65.8 Å². The Hall–Kier alpha value is -2.42. The Morgan fingerprint density at radius 2 is 1.26 bits per heavy atom. The number of rotatable bonds is 2. The molecule has 1 N–H and O–H groups in total. The van der Waals surface area contributed by atoms with E-state index in [4.69, 9.17) is 5.21 Å². The standard InChI is InChI=1S/C8H9NO.C8H8O/c1-7(9-10)8-5-3-2-4-6-8;1-7(9)8-5-3-2-4-6-8/h2-6,10H,1H3;2-6H,1H3/b9-7-;. The second-order valence-electron chi connectivity index (χ2n) is 3.97. The van der Waals surface area contributed by atoms with Crippen LogP contribution in [0.4, 0.5) is 0 Å². The van der Waals surface area contributed by atoms with E-state index in [1.165, 1.54) is 0 Å². The topological polar surface area (TPSA) is 49.7 Å². The molecule has 2 aromatic rings. The van der Waals surface area contributed by atoms with E-state index in [1.54, 1.807) is 13.8 Å². The zero-order valence-corrected chi connectivity index (χ0v) is 11.1. The molecule has 0 bridgehead atoms. The lowest BCUT2D eigenvalue weighted by atomic mass is 10.1. The Morgan fingerprint density at radius 3 is 1.58 bits per heavy atom. The van der Waals surface area contributed by atoms with Crippen molar-refractivity contribution < 1.29 is 10.0 Å². The number of nitrogens with zero attached hydrogens (tertiary/aromatic N) is 1. The average molecular weight is 255 g/mol. The van der Waals surface area contributed by atoms with Crippen LogP contribution in [0.15, 0.2) is 65.8 Å². The van der Waals surface area contributed by atoms with Crippen LogP contribution < -0.4 is 0 Å². The molecule has 0 saturated heterocycles. The SMILES string of the molecule is C/C(=N/O)c1ccccc1.CC(=O)c1ccccc1. The fourth-order valence-electron chi connectivity index (χ4n) is 1.41. The van der Waals surface area contributed by atoms with Crippen LogP contribution in [0.2, 0.25) is 0 Å². The summed E-state index contributed by atoms with van der Waals surface area (Å²) in [7, 11) is 0. The van der Waals surface area contributed by atoms with Gasteiger partial charge in [0.05, 0.1) is 5.71 Å². The van der Waals surface area contributed by atoms with E-state index in [0.29, 0.717) is 5.71 Å². The summed E-state index contributed by atoms with van der Waals surface area (Å²) in [6.45, 7) is 3.32. The van der Waals surface area contributed by atoms with Crippen LogP contribution in [0.25, 0.3) is 0 Å². The smallest absolute Gasteiger partial charge is 0.159 e. The van der Waals surface area contributed by atoms with Gasteiger partial charge < -0.3 is 5.21 Å². The molecule has 0 aliphatic carbocycles. The summed E-state index contributed by atoms with van der Waals surface area (Å²) in [5.74, 6) is 0.121. The molecular weight excluding hydrogens is 238 g/mol. The van der Waals surface area contributed by atoms with E-state index in [0.717, 1.165) is 11.1 Å². The summed E-state index contributed by atoms with van der Waals surface area (Å²) < 4.78 is 0. The summed E-state index contributed by atoms with van der Waals surface area (Å²) in [4.78, 5) is 10.6. The van der Waals surface area contributed by atoms with Gasteiger partial charge >= 0.3 is 0 Å². The second-order valence-corrected chi connectivity index (χ2v) is 3.97. The lowest BCUT2D eigenvalue weighted by Crippen LogP contribution is -1.92. The lowest BCUT2D eigenvalue weighted by Gasteiger charge is -1.94. The number of hydrogen-bond donors (Lipinski definition) is 1. The van der Waals surface area contributed by atoms with Gasteiger partial charge in [0, 0.05) is 5.56 Å². The first-order valence-corrected chi connectivity index (χ1v) is 5.95. The first-order valence-electron chi connectivity index (χ1n) is 5.95. The Bertz CT molecular complexity index is 533. The van der Waals surface area contributed by atoms with Gasteiger partial charge in [-0.05, 0) is 19.4 Å². The molecule has 0 saturated carbocycles. The molecule has 0 aliphatic rings. The minimum Gasteiger partial charge on any atom is -0.411 e. The third-order valence-corrected chi connectivity index (χ3v) is 2.52. The van der Waals surface area contributed by atoms with Crippen molar-refractivity contribution in [2.45, 2.75) is 13.8 Å². The highest BCUT2D eigenvalue weighted by molar-refractivity contribution is 5.98. The zero-order valence-electron chi connectivity index (χ0n) is 11.1. The predicted molar refractivity (Wildman–Crippen MR) is 76.9 cm³/mol. The van der Waals surface area contributed by atoms with Crippen LogP contribution in [0, 0.1) is 0 Å². The molecule has 0 heterocycles. The lowest BCUT2D eigenvalue weighted by molar-refractivity contribution is 0.101. The minimum atomic E-state index is 0.121. The van der Waals surface area contributed by atoms with Gasteiger partial charge in [-0.25, -0.2) is 0 Å². The summed E-state index contributed by atoms with van der Waals surface area (Å²) in [5, 5.41) is 11.5. The summed E-state index contributed by atoms with van der Waals surface area (Å²) in [6, 6.07) is 18.8. The number of oxime groups is 1. The average Bonchev–Trinajstić information content (AvgIpc) is 2.49. The molecule has 0 aromatic heterocycles. The summed E-state index contributed by atoms with van der Waals surface area (Å²) >= 11 is 0. The maximum absolute atomic E-state index is 10.6. The van der Waals surface area contributed by atoms with Crippen molar-refractivity contribution >= 4 is 11.5 Å². The summed E-state index contributed by atoms with van der Waals surface area (Å²) in [6.07, 6.45) is 0. The Labute approximate surface area is 113 Å². The molecule has 98 valence electrons. The highest BCUT2D eigenvalue weighted by Gasteiger charge is 1.93. The molecule has 0 spiro atoms. The molecule has 0 amide bonds. The summed E-state index contributed by atoms with van der Waals surface area (Å²) in [5.41, 5.74) is 2.36. The van der Waals surface area contributed by atoms with E-state index >= 15 is 0 Å². The van der Waals surface area contributed by atoms with E-state index in [9.17, 15) is 4.79 Å². The Morgan fingerprint density at radius 1 is 0.842 bits per heavy atom. The molecule has 19 heavy (non-hydrogen) atoms. The van der Waals surface area contributed by atoms with Crippen LogP contribution in [-0.2, 0) is 0 Å². The van der Waals surface area contributed by atoms with Crippen molar-refractivity contribution in [1.29, 1.82) is 0 Å². The van der Waals surface area contributed by atoms with Gasteiger partial charge in [0.25, 0.3) is 0 Å².